The average Bonchev–Trinajstić information content (AvgIpc) is 2.92. The fraction of sp³-hybridized carbons (Fsp3) is 0.308. The van der Waals surface area contributed by atoms with E-state index in [1.807, 2.05) is 42.2 Å². The second-order valence-electron chi connectivity index (χ2n) is 4.69. The highest BCUT2D eigenvalue weighted by Crippen LogP contribution is 2.46. The van der Waals surface area contributed by atoms with E-state index in [2.05, 4.69) is 5.10 Å². The standard InChI is InChI=1S/C13H14ClN3/c1-17-12(9-2-4-10(14)5-3-9)11(8-16-17)13(15)6-7-13/h2-5,8H,6-7,15H2,1H3. The minimum atomic E-state index is -0.163. The number of benzene rings is 1. The van der Waals surface area contributed by atoms with Gasteiger partial charge in [0.1, 0.15) is 0 Å². The zero-order valence-electron chi connectivity index (χ0n) is 9.65. The van der Waals surface area contributed by atoms with Gasteiger partial charge in [-0.05, 0) is 25.0 Å². The fourth-order valence-corrected chi connectivity index (χ4v) is 2.28. The van der Waals surface area contributed by atoms with E-state index in [9.17, 15) is 0 Å². The molecule has 3 rings (SSSR count). The molecule has 0 spiro atoms. The molecule has 17 heavy (non-hydrogen) atoms. The number of rotatable bonds is 2. The molecule has 3 nitrogen and oxygen atoms in total. The summed E-state index contributed by atoms with van der Waals surface area (Å²) in [5.41, 5.74) is 9.46. The topological polar surface area (TPSA) is 43.8 Å². The number of nitrogens with two attached hydrogens (primary N) is 1. The van der Waals surface area contributed by atoms with Gasteiger partial charge in [0.15, 0.2) is 0 Å². The van der Waals surface area contributed by atoms with Gasteiger partial charge < -0.3 is 5.73 Å². The van der Waals surface area contributed by atoms with Gasteiger partial charge in [0, 0.05) is 28.7 Å². The molecule has 0 aliphatic heterocycles. The van der Waals surface area contributed by atoms with Gasteiger partial charge in [0.05, 0.1) is 11.9 Å². The number of aromatic nitrogens is 2. The molecule has 4 heteroatoms. The molecule has 1 aromatic heterocycles. The van der Waals surface area contributed by atoms with Crippen molar-refractivity contribution in [3.8, 4) is 11.3 Å². The zero-order valence-corrected chi connectivity index (χ0v) is 10.4. The summed E-state index contributed by atoms with van der Waals surface area (Å²) in [6.45, 7) is 0. The lowest BCUT2D eigenvalue weighted by molar-refractivity contribution is 0.737. The maximum absolute atomic E-state index is 6.27. The molecule has 1 aliphatic rings. The monoisotopic (exact) mass is 247 g/mol. The summed E-state index contributed by atoms with van der Waals surface area (Å²) in [5.74, 6) is 0. The van der Waals surface area contributed by atoms with Crippen molar-refractivity contribution >= 4 is 11.6 Å². The van der Waals surface area contributed by atoms with Crippen molar-refractivity contribution in [3.05, 3.63) is 41.0 Å². The van der Waals surface area contributed by atoms with Gasteiger partial charge in [-0.3, -0.25) is 4.68 Å². The minimum Gasteiger partial charge on any atom is -0.321 e. The predicted octanol–water partition coefficient (Wildman–Crippen LogP) is 2.69. The van der Waals surface area contributed by atoms with Gasteiger partial charge in [-0.25, -0.2) is 0 Å². The van der Waals surface area contributed by atoms with Crippen molar-refractivity contribution < 1.29 is 0 Å². The molecule has 2 aromatic rings. The Kier molecular flexibility index (Phi) is 2.28. The van der Waals surface area contributed by atoms with E-state index in [-0.39, 0.29) is 5.54 Å². The Morgan fingerprint density at radius 3 is 2.53 bits per heavy atom. The summed E-state index contributed by atoms with van der Waals surface area (Å²) < 4.78 is 1.88. The SMILES string of the molecule is Cn1ncc(C2(N)CC2)c1-c1ccc(Cl)cc1. The molecule has 0 bridgehead atoms. The van der Waals surface area contributed by atoms with E-state index in [4.69, 9.17) is 17.3 Å². The summed E-state index contributed by atoms with van der Waals surface area (Å²) in [5, 5.41) is 5.07. The highest BCUT2D eigenvalue weighted by Gasteiger charge is 2.43. The molecule has 0 amide bonds. The summed E-state index contributed by atoms with van der Waals surface area (Å²) >= 11 is 5.91. The predicted molar refractivity (Wildman–Crippen MR) is 68.8 cm³/mol. The van der Waals surface area contributed by atoms with Crippen molar-refractivity contribution in [2.24, 2.45) is 12.8 Å². The number of hydrogen-bond donors (Lipinski definition) is 1. The molecule has 0 unspecified atom stereocenters. The first-order chi connectivity index (χ1) is 8.10. The molecule has 1 heterocycles. The van der Waals surface area contributed by atoms with E-state index in [1.54, 1.807) is 0 Å². The van der Waals surface area contributed by atoms with Crippen LogP contribution < -0.4 is 5.73 Å². The van der Waals surface area contributed by atoms with Crippen molar-refractivity contribution in [2.45, 2.75) is 18.4 Å². The first kappa shape index (κ1) is 10.8. The van der Waals surface area contributed by atoms with E-state index >= 15 is 0 Å². The number of nitrogens with zero attached hydrogens (tertiary/aromatic N) is 2. The summed E-state index contributed by atoms with van der Waals surface area (Å²) in [4.78, 5) is 0. The number of halogens is 1. The highest BCUT2D eigenvalue weighted by atomic mass is 35.5. The average molecular weight is 248 g/mol. The van der Waals surface area contributed by atoms with Crippen LogP contribution >= 0.6 is 11.6 Å². The fourth-order valence-electron chi connectivity index (χ4n) is 2.16. The number of aryl methyl sites for hydroxylation is 1. The van der Waals surface area contributed by atoms with Gasteiger partial charge in [0.2, 0.25) is 0 Å². The lowest BCUT2D eigenvalue weighted by Crippen LogP contribution is -2.19. The summed E-state index contributed by atoms with van der Waals surface area (Å²) in [7, 11) is 1.94. The van der Waals surface area contributed by atoms with Crippen LogP contribution in [0.2, 0.25) is 5.02 Å². The largest absolute Gasteiger partial charge is 0.321 e. The van der Waals surface area contributed by atoms with Gasteiger partial charge in [-0.1, -0.05) is 23.7 Å². The van der Waals surface area contributed by atoms with E-state index < -0.39 is 0 Å². The minimum absolute atomic E-state index is 0.163. The Labute approximate surface area is 105 Å². The lowest BCUT2D eigenvalue weighted by Gasteiger charge is -2.11. The second-order valence-corrected chi connectivity index (χ2v) is 5.13. The molecule has 1 saturated carbocycles. The zero-order chi connectivity index (χ0) is 12.0. The molecule has 2 N–H and O–H groups in total. The maximum Gasteiger partial charge on any atom is 0.0729 e. The van der Waals surface area contributed by atoms with Crippen LogP contribution in [0.5, 0.6) is 0 Å². The quantitative estimate of drug-likeness (QED) is 0.887. The lowest BCUT2D eigenvalue weighted by atomic mass is 10.0. The van der Waals surface area contributed by atoms with Crippen LogP contribution in [0.4, 0.5) is 0 Å². The van der Waals surface area contributed by atoms with Crippen LogP contribution in [0.1, 0.15) is 18.4 Å². The van der Waals surface area contributed by atoms with Crippen molar-refractivity contribution in [2.75, 3.05) is 0 Å². The highest BCUT2D eigenvalue weighted by molar-refractivity contribution is 6.30. The van der Waals surface area contributed by atoms with E-state index in [1.165, 1.54) is 0 Å². The molecule has 0 atom stereocenters. The number of hydrogen-bond acceptors (Lipinski definition) is 2. The van der Waals surface area contributed by atoms with Gasteiger partial charge in [0.25, 0.3) is 0 Å². The Bertz CT molecular complexity index is 553. The van der Waals surface area contributed by atoms with Crippen LogP contribution in [0.25, 0.3) is 11.3 Å². The molecule has 1 fully saturated rings. The second kappa shape index (κ2) is 3.59. The third-order valence-electron chi connectivity index (χ3n) is 3.38. The Hall–Kier alpha value is -1.32. The molecule has 0 radical (unpaired) electrons. The summed E-state index contributed by atoms with van der Waals surface area (Å²) in [6.07, 6.45) is 3.97. The van der Waals surface area contributed by atoms with Gasteiger partial charge >= 0.3 is 0 Å². The molecular weight excluding hydrogens is 234 g/mol. The first-order valence-corrected chi connectivity index (χ1v) is 6.05. The maximum atomic E-state index is 6.27. The van der Waals surface area contributed by atoms with Crippen molar-refractivity contribution in [1.29, 1.82) is 0 Å². The van der Waals surface area contributed by atoms with E-state index in [0.29, 0.717) is 0 Å². The van der Waals surface area contributed by atoms with Crippen molar-refractivity contribution in [1.82, 2.24) is 9.78 Å². The third-order valence-corrected chi connectivity index (χ3v) is 3.63. The molecule has 0 saturated heterocycles. The molecule has 88 valence electrons. The van der Waals surface area contributed by atoms with Crippen LogP contribution in [-0.4, -0.2) is 9.78 Å². The first-order valence-electron chi connectivity index (χ1n) is 5.67. The third kappa shape index (κ3) is 1.75. The van der Waals surface area contributed by atoms with E-state index in [0.717, 1.165) is 34.7 Å². The Balaban J connectivity index is 2.13. The van der Waals surface area contributed by atoms with Crippen LogP contribution in [0.3, 0.4) is 0 Å². The normalized spacial score (nSPS) is 17.1. The Morgan fingerprint density at radius 1 is 1.29 bits per heavy atom. The van der Waals surface area contributed by atoms with Gasteiger partial charge in [-0.15, -0.1) is 0 Å². The van der Waals surface area contributed by atoms with Crippen LogP contribution in [-0.2, 0) is 12.6 Å². The van der Waals surface area contributed by atoms with Crippen LogP contribution in [0, 0.1) is 0 Å². The summed E-state index contributed by atoms with van der Waals surface area (Å²) in [6, 6.07) is 7.80. The van der Waals surface area contributed by atoms with Gasteiger partial charge in [-0.2, -0.15) is 5.10 Å². The Morgan fingerprint density at radius 2 is 1.94 bits per heavy atom. The molecule has 1 aromatic carbocycles. The molecular formula is C13H14ClN3. The smallest absolute Gasteiger partial charge is 0.0729 e. The van der Waals surface area contributed by atoms with Crippen LogP contribution in [0.15, 0.2) is 30.5 Å². The molecule has 1 aliphatic carbocycles. The van der Waals surface area contributed by atoms with Crippen molar-refractivity contribution in [3.63, 3.8) is 0 Å².